The maximum absolute atomic E-state index is 11.8. The summed E-state index contributed by atoms with van der Waals surface area (Å²) in [4.78, 5) is 15.2. The first kappa shape index (κ1) is 15.9. The lowest BCUT2D eigenvalue weighted by molar-refractivity contribution is -0.122. The van der Waals surface area contributed by atoms with Gasteiger partial charge in [0.25, 0.3) is 11.9 Å². The second kappa shape index (κ2) is 7.53. The molecule has 1 aliphatic rings. The number of amides is 1. The average Bonchev–Trinajstić information content (AvgIpc) is 3.06. The molecule has 1 aromatic carbocycles. The molecule has 2 heterocycles. The van der Waals surface area contributed by atoms with Gasteiger partial charge in [-0.15, -0.1) is 5.10 Å². The van der Waals surface area contributed by atoms with Crippen molar-refractivity contribution in [3.8, 4) is 5.75 Å². The summed E-state index contributed by atoms with van der Waals surface area (Å²) in [6.45, 7) is 1.77. The van der Waals surface area contributed by atoms with E-state index in [9.17, 15) is 9.90 Å². The topological polar surface area (TPSA) is 109 Å². The van der Waals surface area contributed by atoms with Gasteiger partial charge in [0.15, 0.2) is 0 Å². The van der Waals surface area contributed by atoms with Crippen LogP contribution >= 0.6 is 0 Å². The number of phenols is 1. The molecule has 0 spiro atoms. The smallest absolute Gasteiger partial charge is 0.266 e. The SMILES string of the molecule is O=C(Cn1nnc(N2CCCCC2)n1)N/N=C\c1ccccc1O. The van der Waals surface area contributed by atoms with Crippen molar-refractivity contribution >= 4 is 18.1 Å². The lowest BCUT2D eigenvalue weighted by atomic mass is 10.1. The predicted molar refractivity (Wildman–Crippen MR) is 87.7 cm³/mol. The molecule has 2 aromatic rings. The number of hydrazone groups is 1. The van der Waals surface area contributed by atoms with Crippen LogP contribution in [0.25, 0.3) is 0 Å². The van der Waals surface area contributed by atoms with Gasteiger partial charge in [0.1, 0.15) is 12.3 Å². The quantitative estimate of drug-likeness (QED) is 0.611. The lowest BCUT2D eigenvalue weighted by Gasteiger charge is -2.24. The zero-order valence-corrected chi connectivity index (χ0v) is 13.2. The number of anilines is 1. The van der Waals surface area contributed by atoms with E-state index in [-0.39, 0.29) is 18.2 Å². The molecule has 0 saturated carbocycles. The van der Waals surface area contributed by atoms with Crippen LogP contribution in [0.4, 0.5) is 5.95 Å². The van der Waals surface area contributed by atoms with E-state index >= 15 is 0 Å². The number of aromatic nitrogens is 4. The van der Waals surface area contributed by atoms with E-state index in [4.69, 9.17) is 0 Å². The monoisotopic (exact) mass is 329 g/mol. The summed E-state index contributed by atoms with van der Waals surface area (Å²) >= 11 is 0. The Hall–Kier alpha value is -2.97. The molecule has 1 fully saturated rings. The Labute approximate surface area is 139 Å². The predicted octanol–water partition coefficient (Wildman–Crippen LogP) is 0.519. The number of nitrogens with zero attached hydrogens (tertiary/aromatic N) is 6. The highest BCUT2D eigenvalue weighted by atomic mass is 16.3. The lowest BCUT2D eigenvalue weighted by Crippen LogP contribution is -2.30. The van der Waals surface area contributed by atoms with Crippen molar-refractivity contribution in [1.29, 1.82) is 0 Å². The van der Waals surface area contributed by atoms with Crippen molar-refractivity contribution in [2.75, 3.05) is 18.0 Å². The zero-order valence-electron chi connectivity index (χ0n) is 13.2. The van der Waals surface area contributed by atoms with Crippen LogP contribution in [0, 0.1) is 0 Å². The van der Waals surface area contributed by atoms with E-state index < -0.39 is 0 Å². The molecule has 126 valence electrons. The molecule has 0 aliphatic carbocycles. The Morgan fingerprint density at radius 2 is 2.08 bits per heavy atom. The van der Waals surface area contributed by atoms with Crippen molar-refractivity contribution in [2.45, 2.75) is 25.8 Å². The normalized spacial score (nSPS) is 14.9. The van der Waals surface area contributed by atoms with E-state index in [1.807, 2.05) is 0 Å². The molecule has 9 heteroatoms. The standard InChI is InChI=1S/C15H19N7O2/c23-13-7-3-2-6-12(13)10-16-17-14(24)11-22-19-15(18-20-22)21-8-4-1-5-9-21/h2-3,6-7,10,23H,1,4-5,8-9,11H2,(H,17,24)/b16-10-. The van der Waals surface area contributed by atoms with Gasteiger partial charge >= 0.3 is 0 Å². The number of hydrogen-bond acceptors (Lipinski definition) is 7. The van der Waals surface area contributed by atoms with Gasteiger partial charge in [0.2, 0.25) is 0 Å². The first-order valence-electron chi connectivity index (χ1n) is 7.85. The average molecular weight is 329 g/mol. The third-order valence-corrected chi connectivity index (χ3v) is 3.70. The minimum atomic E-state index is -0.371. The molecular formula is C15H19N7O2. The minimum Gasteiger partial charge on any atom is -0.507 e. The second-order valence-electron chi connectivity index (χ2n) is 5.52. The summed E-state index contributed by atoms with van der Waals surface area (Å²) in [6, 6.07) is 6.71. The summed E-state index contributed by atoms with van der Waals surface area (Å²) in [5.74, 6) is 0.282. The van der Waals surface area contributed by atoms with Gasteiger partial charge in [-0.2, -0.15) is 9.90 Å². The van der Waals surface area contributed by atoms with Crippen LogP contribution in [0.5, 0.6) is 5.75 Å². The Morgan fingerprint density at radius 1 is 1.29 bits per heavy atom. The summed E-state index contributed by atoms with van der Waals surface area (Å²) in [6.07, 6.45) is 4.84. The molecule has 9 nitrogen and oxygen atoms in total. The molecule has 0 atom stereocenters. The van der Waals surface area contributed by atoms with Crippen molar-refractivity contribution in [2.24, 2.45) is 5.10 Å². The summed E-state index contributed by atoms with van der Waals surface area (Å²) in [5, 5.41) is 25.5. The molecule has 1 saturated heterocycles. The first-order valence-corrected chi connectivity index (χ1v) is 7.85. The summed E-state index contributed by atoms with van der Waals surface area (Å²) < 4.78 is 0. The molecule has 1 aromatic heterocycles. The first-order chi connectivity index (χ1) is 11.7. The molecule has 24 heavy (non-hydrogen) atoms. The van der Waals surface area contributed by atoms with Gasteiger partial charge in [0, 0.05) is 18.7 Å². The van der Waals surface area contributed by atoms with E-state index in [2.05, 4.69) is 30.8 Å². The van der Waals surface area contributed by atoms with Gasteiger partial charge in [-0.3, -0.25) is 4.79 Å². The third-order valence-electron chi connectivity index (χ3n) is 3.70. The molecule has 3 rings (SSSR count). The van der Waals surface area contributed by atoms with Gasteiger partial charge < -0.3 is 10.0 Å². The number of piperidine rings is 1. The third kappa shape index (κ3) is 4.06. The minimum absolute atomic E-state index is 0.0705. The van der Waals surface area contributed by atoms with E-state index in [0.29, 0.717) is 11.5 Å². The highest BCUT2D eigenvalue weighted by molar-refractivity contribution is 5.84. The Morgan fingerprint density at radius 3 is 2.88 bits per heavy atom. The van der Waals surface area contributed by atoms with Gasteiger partial charge in [-0.25, -0.2) is 5.43 Å². The number of benzene rings is 1. The Kier molecular flexibility index (Phi) is 4.99. The molecule has 0 unspecified atom stereocenters. The van der Waals surface area contributed by atoms with Crippen LogP contribution in [0.2, 0.25) is 0 Å². The number of phenolic OH excluding ortho intramolecular Hbond substituents is 1. The van der Waals surface area contributed by atoms with Crippen LogP contribution in [-0.2, 0) is 11.3 Å². The summed E-state index contributed by atoms with van der Waals surface area (Å²) in [7, 11) is 0. The number of tetrazole rings is 1. The van der Waals surface area contributed by atoms with Crippen molar-refractivity contribution in [3.63, 3.8) is 0 Å². The number of hydrogen-bond donors (Lipinski definition) is 2. The maximum atomic E-state index is 11.8. The highest BCUT2D eigenvalue weighted by Crippen LogP contribution is 2.14. The van der Waals surface area contributed by atoms with Crippen LogP contribution < -0.4 is 10.3 Å². The van der Waals surface area contributed by atoms with Crippen molar-refractivity contribution in [1.82, 2.24) is 25.6 Å². The van der Waals surface area contributed by atoms with Crippen LogP contribution in [0.15, 0.2) is 29.4 Å². The van der Waals surface area contributed by atoms with Crippen molar-refractivity contribution < 1.29 is 9.90 Å². The van der Waals surface area contributed by atoms with Gasteiger partial charge in [-0.1, -0.05) is 17.2 Å². The van der Waals surface area contributed by atoms with Crippen LogP contribution in [0.3, 0.4) is 0 Å². The number of para-hydroxylation sites is 1. The zero-order chi connectivity index (χ0) is 16.8. The van der Waals surface area contributed by atoms with E-state index in [0.717, 1.165) is 25.9 Å². The highest BCUT2D eigenvalue weighted by Gasteiger charge is 2.16. The van der Waals surface area contributed by atoms with Gasteiger partial charge in [0.05, 0.1) is 6.21 Å². The molecule has 1 amide bonds. The Bertz CT molecular complexity index is 722. The van der Waals surface area contributed by atoms with Crippen LogP contribution in [-0.4, -0.2) is 50.5 Å². The number of carbonyl (C=O) groups is 1. The largest absolute Gasteiger partial charge is 0.507 e. The Balaban J connectivity index is 1.52. The number of nitrogens with one attached hydrogen (secondary N) is 1. The fraction of sp³-hybridized carbons (Fsp3) is 0.400. The van der Waals surface area contributed by atoms with Gasteiger partial charge in [-0.05, 0) is 36.6 Å². The fourth-order valence-electron chi connectivity index (χ4n) is 2.46. The molecule has 0 radical (unpaired) electrons. The molecule has 2 N–H and O–H groups in total. The second-order valence-corrected chi connectivity index (χ2v) is 5.52. The summed E-state index contributed by atoms with van der Waals surface area (Å²) in [5.41, 5.74) is 2.89. The number of aromatic hydroxyl groups is 1. The van der Waals surface area contributed by atoms with E-state index in [1.54, 1.807) is 24.3 Å². The van der Waals surface area contributed by atoms with E-state index in [1.165, 1.54) is 17.4 Å². The molecule has 0 bridgehead atoms. The van der Waals surface area contributed by atoms with Crippen LogP contribution in [0.1, 0.15) is 24.8 Å². The number of rotatable bonds is 5. The molecule has 1 aliphatic heterocycles. The molecular weight excluding hydrogens is 310 g/mol. The maximum Gasteiger partial charge on any atom is 0.266 e. The van der Waals surface area contributed by atoms with Crippen molar-refractivity contribution in [3.05, 3.63) is 29.8 Å². The fourth-order valence-corrected chi connectivity index (χ4v) is 2.46. The number of carbonyl (C=O) groups excluding carboxylic acids is 1.